The van der Waals surface area contributed by atoms with Gasteiger partial charge in [0.25, 0.3) is 0 Å². The zero-order valence-electron chi connectivity index (χ0n) is 24.9. The Morgan fingerprint density at radius 3 is 2.08 bits per heavy atom. The van der Waals surface area contributed by atoms with Crippen molar-refractivity contribution in [2.45, 2.75) is 152 Å². The quantitative estimate of drug-likeness (QED) is 0.228. The van der Waals surface area contributed by atoms with Crippen LogP contribution >= 0.6 is 0 Å². The van der Waals surface area contributed by atoms with Gasteiger partial charge in [0.15, 0.2) is 0 Å². The van der Waals surface area contributed by atoms with E-state index in [1.165, 1.54) is 13.0 Å². The Hall–Kier alpha value is -1.20. The highest BCUT2D eigenvalue weighted by atomic mass is 17.2. The molecule has 9 nitrogen and oxygen atoms in total. The Balaban J connectivity index is 1.62. The van der Waals surface area contributed by atoms with Crippen LogP contribution in [0, 0.1) is 16.7 Å². The van der Waals surface area contributed by atoms with Crippen molar-refractivity contribution >= 4 is 0 Å². The first-order chi connectivity index (χ1) is 17.9. The second-order valence-electron chi connectivity index (χ2n) is 14.1. The predicted octanol–water partition coefficient (Wildman–Crippen LogP) is 4.52. The van der Waals surface area contributed by atoms with Gasteiger partial charge in [0, 0.05) is 25.7 Å². The standard InChI is InChI=1S/C30H49NO8/c1-17(2)29(31-35)14-21(36-24-13-20(26(6,7)33)12-23(32)28(24,9)34)19(5)22(15-29)37-25-16-30(18(3)4)11-10-27(25,8)38-39-30/h12,17-18,21-25,32-34H,5,10-11,13-16H2,1-4,6-9H3. The number of aliphatic hydroxyl groups excluding tert-OH is 1. The van der Waals surface area contributed by atoms with Crippen LogP contribution in [-0.4, -0.2) is 73.8 Å². The molecule has 2 heterocycles. The molecular formula is C30H49NO8. The van der Waals surface area contributed by atoms with E-state index in [1.807, 2.05) is 20.8 Å². The van der Waals surface area contributed by atoms with Crippen molar-refractivity contribution < 1.29 is 34.6 Å². The van der Waals surface area contributed by atoms with Gasteiger partial charge < -0.3 is 24.8 Å². The van der Waals surface area contributed by atoms with Gasteiger partial charge in [0.1, 0.15) is 28.4 Å². The molecule has 222 valence electrons. The fraction of sp³-hybridized carbons (Fsp3) is 0.867. The van der Waals surface area contributed by atoms with Crippen LogP contribution in [0.15, 0.2) is 29.0 Å². The van der Waals surface area contributed by atoms with Crippen molar-refractivity contribution in [3.8, 4) is 0 Å². The number of hydrogen-bond donors (Lipinski definition) is 3. The monoisotopic (exact) mass is 551 g/mol. The molecule has 9 atom stereocenters. The summed E-state index contributed by atoms with van der Waals surface area (Å²) < 4.78 is 13.3. The van der Waals surface area contributed by atoms with Crippen molar-refractivity contribution in [2.75, 3.05) is 0 Å². The van der Waals surface area contributed by atoms with Gasteiger partial charge in [-0.25, -0.2) is 9.78 Å². The fourth-order valence-electron chi connectivity index (χ4n) is 6.59. The highest BCUT2D eigenvalue weighted by molar-refractivity contribution is 5.26. The predicted molar refractivity (Wildman–Crippen MR) is 147 cm³/mol. The summed E-state index contributed by atoms with van der Waals surface area (Å²) in [5.41, 5.74) is -3.57. The molecule has 0 aromatic heterocycles. The molecule has 9 heteroatoms. The Kier molecular flexibility index (Phi) is 8.09. The van der Waals surface area contributed by atoms with E-state index in [4.69, 9.17) is 19.2 Å². The first-order valence-corrected chi connectivity index (χ1v) is 14.4. The van der Waals surface area contributed by atoms with Crippen LogP contribution in [0.4, 0.5) is 0 Å². The number of hydrogen-bond acceptors (Lipinski definition) is 9. The molecule has 2 aliphatic heterocycles. The topological polar surface area (TPSA) is 127 Å². The maximum absolute atomic E-state index is 12.4. The van der Waals surface area contributed by atoms with Crippen molar-refractivity contribution in [3.05, 3.63) is 28.7 Å². The summed E-state index contributed by atoms with van der Waals surface area (Å²) in [4.78, 5) is 24.2. The Morgan fingerprint density at radius 2 is 1.62 bits per heavy atom. The number of nitrogens with zero attached hydrogens (tertiary/aromatic N) is 1. The minimum absolute atomic E-state index is 0.0930. The number of rotatable bonds is 8. The second-order valence-corrected chi connectivity index (χ2v) is 14.1. The van der Waals surface area contributed by atoms with E-state index in [0.717, 1.165) is 12.8 Å². The molecule has 0 spiro atoms. The summed E-state index contributed by atoms with van der Waals surface area (Å²) in [5, 5.41) is 36.2. The summed E-state index contributed by atoms with van der Waals surface area (Å²) >= 11 is 0. The minimum Gasteiger partial charge on any atom is -0.386 e. The van der Waals surface area contributed by atoms with Gasteiger partial charge in [-0.05, 0) is 63.5 Å². The highest BCUT2D eigenvalue weighted by Crippen LogP contribution is 2.52. The highest BCUT2D eigenvalue weighted by Gasteiger charge is 2.59. The molecule has 5 aliphatic rings. The van der Waals surface area contributed by atoms with Crippen LogP contribution in [0.1, 0.15) is 93.9 Å². The molecule has 2 saturated heterocycles. The van der Waals surface area contributed by atoms with Crippen LogP contribution < -0.4 is 0 Å². The van der Waals surface area contributed by atoms with Gasteiger partial charge >= 0.3 is 0 Å². The molecule has 5 rings (SSSR count). The largest absolute Gasteiger partial charge is 0.386 e. The molecule has 0 amide bonds. The zero-order chi connectivity index (χ0) is 29.2. The van der Waals surface area contributed by atoms with Gasteiger partial charge in [0.05, 0.1) is 30.0 Å². The summed E-state index contributed by atoms with van der Waals surface area (Å²) in [6.45, 7) is 19.3. The minimum atomic E-state index is -1.61. The molecule has 2 bridgehead atoms. The molecule has 39 heavy (non-hydrogen) atoms. The third-order valence-corrected chi connectivity index (χ3v) is 10.3. The average molecular weight is 552 g/mol. The lowest BCUT2D eigenvalue weighted by molar-refractivity contribution is -0.491. The molecular weight excluding hydrogens is 502 g/mol. The van der Waals surface area contributed by atoms with E-state index >= 15 is 0 Å². The van der Waals surface area contributed by atoms with E-state index in [-0.39, 0.29) is 30.8 Å². The number of ether oxygens (including phenoxy) is 2. The molecule has 4 fully saturated rings. The van der Waals surface area contributed by atoms with Gasteiger partial charge in [0.2, 0.25) is 0 Å². The SMILES string of the molecule is C=C1C(OC2CC3(C(C)C)CCC2(C)OO3)CC(N=O)(C(C)C)CC1OC1CC(C(C)(C)O)=CC(O)C1(C)O. The normalized spacial score (nSPS) is 45.1. The van der Waals surface area contributed by atoms with Gasteiger partial charge in [-0.1, -0.05) is 45.5 Å². The summed E-state index contributed by atoms with van der Waals surface area (Å²) in [7, 11) is 0. The lowest BCUT2D eigenvalue weighted by Gasteiger charge is -2.56. The first-order valence-electron chi connectivity index (χ1n) is 14.4. The third-order valence-electron chi connectivity index (χ3n) is 10.3. The third kappa shape index (κ3) is 5.41. The lowest BCUT2D eigenvalue weighted by Crippen LogP contribution is -2.64. The average Bonchev–Trinajstić information content (AvgIpc) is 2.84. The van der Waals surface area contributed by atoms with Gasteiger partial charge in [-0.3, -0.25) is 0 Å². The van der Waals surface area contributed by atoms with Crippen molar-refractivity contribution in [2.24, 2.45) is 17.0 Å². The summed E-state index contributed by atoms with van der Waals surface area (Å²) in [5.74, 6) is 0.146. The molecule has 3 aliphatic carbocycles. The maximum atomic E-state index is 12.4. The molecule has 9 unspecified atom stereocenters. The molecule has 0 aromatic carbocycles. The molecule has 0 radical (unpaired) electrons. The summed E-state index contributed by atoms with van der Waals surface area (Å²) in [6, 6.07) is 0. The zero-order valence-corrected chi connectivity index (χ0v) is 24.9. The van der Waals surface area contributed by atoms with Crippen LogP contribution in [0.5, 0.6) is 0 Å². The molecule has 3 N–H and O–H groups in total. The Bertz CT molecular complexity index is 974. The lowest BCUT2D eigenvalue weighted by atomic mass is 9.68. The van der Waals surface area contributed by atoms with Gasteiger partial charge in [-0.15, -0.1) is 0 Å². The fourth-order valence-corrected chi connectivity index (χ4v) is 6.59. The summed E-state index contributed by atoms with van der Waals surface area (Å²) in [6.07, 6.45) is 1.19. The van der Waals surface area contributed by atoms with Crippen LogP contribution in [0.25, 0.3) is 0 Å². The van der Waals surface area contributed by atoms with Crippen LogP contribution in [0.3, 0.4) is 0 Å². The van der Waals surface area contributed by atoms with Gasteiger partial charge in [-0.2, -0.15) is 4.91 Å². The first kappa shape index (κ1) is 30.8. The van der Waals surface area contributed by atoms with Crippen molar-refractivity contribution in [3.63, 3.8) is 0 Å². The number of nitroso groups, excluding NO2 is 1. The van der Waals surface area contributed by atoms with Crippen molar-refractivity contribution in [1.82, 2.24) is 0 Å². The van der Waals surface area contributed by atoms with E-state index in [9.17, 15) is 20.2 Å². The smallest absolute Gasteiger partial charge is 0.127 e. The number of aliphatic hydroxyl groups is 3. The van der Waals surface area contributed by atoms with E-state index in [1.54, 1.807) is 13.8 Å². The van der Waals surface area contributed by atoms with Crippen molar-refractivity contribution in [1.29, 1.82) is 0 Å². The maximum Gasteiger partial charge on any atom is 0.127 e. The van der Waals surface area contributed by atoms with Crippen LogP contribution in [-0.2, 0) is 19.2 Å². The van der Waals surface area contributed by atoms with E-state index in [2.05, 4.69) is 25.6 Å². The second kappa shape index (κ2) is 10.3. The van der Waals surface area contributed by atoms with E-state index in [0.29, 0.717) is 24.0 Å². The molecule has 2 saturated carbocycles. The number of fused-ring (bicyclic) bond motifs is 3. The Morgan fingerprint density at radius 1 is 1.03 bits per heavy atom. The Labute approximate surface area is 232 Å². The van der Waals surface area contributed by atoms with E-state index < -0.39 is 52.4 Å². The van der Waals surface area contributed by atoms with Crippen LogP contribution in [0.2, 0.25) is 0 Å². The molecule has 0 aromatic rings.